The van der Waals surface area contributed by atoms with Crippen LogP contribution in [-0.4, -0.2) is 9.32 Å². The molecule has 0 saturated heterocycles. The van der Waals surface area contributed by atoms with E-state index in [2.05, 4.69) is 0 Å². The fraction of sp³-hybridized carbons (Fsp3) is 0. The molecule has 0 radical (unpaired) electrons. The van der Waals surface area contributed by atoms with Crippen molar-refractivity contribution in [1.29, 1.82) is 0 Å². The van der Waals surface area contributed by atoms with Crippen LogP contribution in [0.5, 0.6) is 0 Å². The molecule has 0 aromatic carbocycles. The quantitative estimate of drug-likeness (QED) is 0.195. The van der Waals surface area contributed by atoms with Crippen molar-refractivity contribution < 1.29 is 45.3 Å². The summed E-state index contributed by atoms with van der Waals surface area (Å²) in [5.74, 6) is 0. The van der Waals surface area contributed by atoms with Crippen molar-refractivity contribution in [3.63, 3.8) is 0 Å². The second kappa shape index (κ2) is 9.13. The molecule has 0 heterocycles. The summed E-state index contributed by atoms with van der Waals surface area (Å²) < 4.78 is 1.86. The van der Waals surface area contributed by atoms with Gasteiger partial charge in [-0.2, -0.15) is 0 Å². The summed E-state index contributed by atoms with van der Waals surface area (Å²) >= 11 is 1.32. The molecule has 54 valence electrons. The molecule has 0 aliphatic heterocycles. The molecule has 10 heavy (non-hydrogen) atoms. The second-order valence-electron chi connectivity index (χ2n) is 1.07. The molecule has 0 rings (SSSR count). The van der Waals surface area contributed by atoms with Gasteiger partial charge in [0.25, 0.3) is 0 Å². The van der Waals surface area contributed by atoms with Crippen LogP contribution in [-0.2, 0) is 40.4 Å². The Bertz CT molecular complexity index is 165. The molecular weight excluding hydrogens is 474 g/mol. The van der Waals surface area contributed by atoms with Crippen molar-refractivity contribution in [3.8, 4) is 0 Å². The van der Waals surface area contributed by atoms with Gasteiger partial charge in [0, 0.05) is 21.1 Å². The van der Waals surface area contributed by atoms with Gasteiger partial charge >= 0.3 is 63.2 Å². The molecule has 0 saturated carbocycles. The third kappa shape index (κ3) is 11.0. The average molecular weight is 478 g/mol. The SMILES string of the molecule is O=[N+]([O-])[C-]=C/C=C\[CH]=[W].[W]. The number of rotatable bonds is 3. The van der Waals surface area contributed by atoms with Crippen molar-refractivity contribution >= 4 is 4.40 Å². The normalized spacial score (nSPS) is 9.60. The monoisotopic (exact) mass is 478 g/mol. The first-order chi connectivity index (χ1) is 4.27. The molecule has 0 amide bonds. The van der Waals surface area contributed by atoms with Gasteiger partial charge in [0.05, 0.1) is 0 Å². The molecule has 0 aromatic heterocycles. The molecule has 0 aromatic rings. The van der Waals surface area contributed by atoms with Crippen LogP contribution < -0.4 is 0 Å². The van der Waals surface area contributed by atoms with E-state index < -0.39 is 4.92 Å². The van der Waals surface area contributed by atoms with Gasteiger partial charge in [0.1, 0.15) is 0 Å². The molecule has 0 N–H and O–H groups in total. The molecule has 3 nitrogen and oxygen atoms in total. The molecule has 0 spiro atoms. The van der Waals surface area contributed by atoms with E-state index in [1.807, 2.05) is 10.6 Å². The summed E-state index contributed by atoms with van der Waals surface area (Å²) in [6.45, 7) is 0. The zero-order valence-electron chi connectivity index (χ0n) is 4.89. The van der Waals surface area contributed by atoms with Gasteiger partial charge in [-0.05, 0) is 0 Å². The Morgan fingerprint density at radius 3 is 2.50 bits per heavy atom. The Labute approximate surface area is 84.0 Å². The van der Waals surface area contributed by atoms with Gasteiger partial charge in [0.2, 0.25) is 0 Å². The van der Waals surface area contributed by atoms with E-state index in [-0.39, 0.29) is 21.1 Å². The molecule has 5 heteroatoms. The van der Waals surface area contributed by atoms with Crippen molar-refractivity contribution in [2.45, 2.75) is 0 Å². The van der Waals surface area contributed by atoms with Crippen LogP contribution in [0.15, 0.2) is 18.2 Å². The number of hydrogen-bond donors (Lipinski definition) is 0. The fourth-order valence-electron chi connectivity index (χ4n) is 0.205. The summed E-state index contributed by atoms with van der Waals surface area (Å²) in [6, 6.07) is 0. The van der Waals surface area contributed by atoms with Gasteiger partial charge in [-0.15, -0.1) is 0 Å². The van der Waals surface area contributed by atoms with Gasteiger partial charge in [-0.3, -0.25) is 0 Å². The van der Waals surface area contributed by atoms with Gasteiger partial charge in [-0.1, -0.05) is 0 Å². The first kappa shape index (κ1) is 12.8. The molecular formula is C5H4NO2W2-. The maximum Gasteiger partial charge on any atom is 0 e. The van der Waals surface area contributed by atoms with E-state index in [0.29, 0.717) is 0 Å². The maximum absolute atomic E-state index is 9.59. The number of nitrogens with zero attached hydrogens (tertiary/aromatic N) is 1. The summed E-state index contributed by atoms with van der Waals surface area (Å²) in [5.41, 5.74) is 0. The summed E-state index contributed by atoms with van der Waals surface area (Å²) in [7, 11) is 0. The Balaban J connectivity index is 0. The van der Waals surface area contributed by atoms with Crippen molar-refractivity contribution in [3.05, 3.63) is 34.5 Å². The van der Waals surface area contributed by atoms with Crippen LogP contribution in [0.4, 0.5) is 0 Å². The molecule has 0 unspecified atom stereocenters. The molecule has 0 aliphatic rings. The Hall–Kier alpha value is 0.127. The van der Waals surface area contributed by atoms with Crippen LogP contribution in [0, 0.1) is 16.3 Å². The number of nitro groups is 1. The third-order valence-corrected chi connectivity index (χ3v) is 1.03. The van der Waals surface area contributed by atoms with Crippen LogP contribution in [0.2, 0.25) is 0 Å². The summed E-state index contributed by atoms with van der Waals surface area (Å²) in [4.78, 5) is 8.97. The van der Waals surface area contributed by atoms with Crippen molar-refractivity contribution in [2.75, 3.05) is 0 Å². The molecule has 0 bridgehead atoms. The summed E-state index contributed by atoms with van der Waals surface area (Å²) in [5, 5.41) is 9.59. The van der Waals surface area contributed by atoms with Crippen LogP contribution in [0.25, 0.3) is 0 Å². The smallest absolute Gasteiger partial charge is 0 e. The average Bonchev–Trinajstić information content (AvgIpc) is 1.80. The number of hydrogen-bond acceptors (Lipinski definition) is 2. The topological polar surface area (TPSA) is 43.1 Å². The third-order valence-electron chi connectivity index (χ3n) is 0.466. The van der Waals surface area contributed by atoms with Crippen LogP contribution >= 0.6 is 0 Å². The zero-order chi connectivity index (χ0) is 7.11. The van der Waals surface area contributed by atoms with Crippen molar-refractivity contribution in [1.82, 2.24) is 0 Å². The van der Waals surface area contributed by atoms with Crippen LogP contribution in [0.1, 0.15) is 0 Å². The van der Waals surface area contributed by atoms with E-state index in [1.54, 1.807) is 12.2 Å². The predicted octanol–water partition coefficient (Wildman–Crippen LogP) is 0.483. The van der Waals surface area contributed by atoms with E-state index in [1.165, 1.54) is 25.4 Å². The zero-order valence-corrected chi connectivity index (χ0v) is 10.8. The molecule has 0 fully saturated rings. The Kier molecular flexibility index (Phi) is 11.7. The minimum Gasteiger partial charge on any atom is 0 e. The fourth-order valence-corrected chi connectivity index (χ4v) is 0.531. The molecule has 0 atom stereocenters. The minimum atomic E-state index is -0.618. The first-order valence-electron chi connectivity index (χ1n) is 2.11. The van der Waals surface area contributed by atoms with Gasteiger partial charge in [-0.25, -0.2) is 0 Å². The van der Waals surface area contributed by atoms with E-state index in [9.17, 15) is 10.1 Å². The van der Waals surface area contributed by atoms with Crippen LogP contribution in [0.3, 0.4) is 0 Å². The first-order valence-corrected chi connectivity index (χ1v) is 3.81. The van der Waals surface area contributed by atoms with Gasteiger partial charge < -0.3 is 0 Å². The number of allylic oxidation sites excluding steroid dienone is 3. The van der Waals surface area contributed by atoms with Crippen molar-refractivity contribution in [2.24, 2.45) is 0 Å². The standard InChI is InChI=1S/C5H4NO2.2W/c1-2-3-4-5-6(7)8;;/h1-4H;;/q-1;;/b3-2-;;. The Morgan fingerprint density at radius 1 is 1.50 bits per heavy atom. The van der Waals surface area contributed by atoms with E-state index in [4.69, 9.17) is 0 Å². The predicted molar refractivity (Wildman–Crippen MR) is 30.0 cm³/mol. The minimum absolute atomic E-state index is 0. The van der Waals surface area contributed by atoms with E-state index in [0.717, 1.165) is 0 Å². The molecule has 0 aliphatic carbocycles. The summed E-state index contributed by atoms with van der Waals surface area (Å²) in [6.07, 6.45) is 6.44. The second-order valence-corrected chi connectivity index (χ2v) is 2.05. The maximum atomic E-state index is 9.59. The largest absolute Gasteiger partial charge is 0 e. The Morgan fingerprint density at radius 2 is 2.10 bits per heavy atom. The van der Waals surface area contributed by atoms with Gasteiger partial charge in [0.15, 0.2) is 0 Å². The van der Waals surface area contributed by atoms with E-state index >= 15 is 0 Å².